The maximum absolute atomic E-state index is 12.8. The predicted molar refractivity (Wildman–Crippen MR) is 108 cm³/mol. The van der Waals surface area contributed by atoms with Crippen LogP contribution < -0.4 is 5.84 Å². The molecule has 1 aromatic heterocycles. The van der Waals surface area contributed by atoms with Crippen molar-refractivity contribution in [1.82, 2.24) is 19.8 Å². The number of aromatic nitrogens is 3. The van der Waals surface area contributed by atoms with E-state index in [-0.39, 0.29) is 23.2 Å². The number of hydrogen-bond acceptors (Lipinski definition) is 5. The Morgan fingerprint density at radius 1 is 1.15 bits per heavy atom. The molecular weight excluding hydrogens is 393 g/mol. The minimum Gasteiger partial charge on any atom is -0.337 e. The first-order valence-corrected chi connectivity index (χ1v) is 9.91. The van der Waals surface area contributed by atoms with Crippen LogP contribution in [0, 0.1) is 0 Å². The highest BCUT2D eigenvalue weighted by Crippen LogP contribution is 2.31. The Kier molecular flexibility index (Phi) is 6.82. The van der Waals surface area contributed by atoms with Gasteiger partial charge >= 0.3 is 0 Å². The fourth-order valence-corrected chi connectivity index (χ4v) is 3.93. The standard InChI is InChI=1S/C17H23Cl2N5OS/c1-9(2)23(10(3)4)16(25)11(5)26-17-22-21-15(24(17)20)13-8-12(18)6-7-14(13)19/h6-11H,20H2,1-5H3/t11-/m1/s1. The van der Waals surface area contributed by atoms with Gasteiger partial charge in [-0.05, 0) is 52.8 Å². The largest absolute Gasteiger partial charge is 0.337 e. The number of nitrogen functional groups attached to an aromatic ring is 1. The number of nitrogens with two attached hydrogens (primary N) is 1. The molecule has 0 aliphatic rings. The second-order valence-electron chi connectivity index (χ2n) is 6.49. The Morgan fingerprint density at radius 3 is 2.35 bits per heavy atom. The lowest BCUT2D eigenvalue weighted by molar-refractivity contribution is -0.133. The molecule has 0 spiro atoms. The first-order chi connectivity index (χ1) is 12.1. The van der Waals surface area contributed by atoms with E-state index in [1.165, 1.54) is 16.4 Å². The molecule has 26 heavy (non-hydrogen) atoms. The van der Waals surface area contributed by atoms with Gasteiger partial charge in [-0.2, -0.15) is 0 Å². The Morgan fingerprint density at radius 2 is 1.77 bits per heavy atom. The van der Waals surface area contributed by atoms with E-state index >= 15 is 0 Å². The molecule has 0 aliphatic heterocycles. The molecule has 0 radical (unpaired) electrons. The number of carbonyl (C=O) groups excluding carboxylic acids is 1. The third kappa shape index (κ3) is 4.45. The van der Waals surface area contributed by atoms with Gasteiger partial charge in [0.05, 0.1) is 10.3 Å². The Hall–Kier alpha value is -1.44. The smallest absolute Gasteiger partial charge is 0.236 e. The predicted octanol–water partition coefficient (Wildman–Crippen LogP) is 4.09. The quantitative estimate of drug-likeness (QED) is 0.567. The highest BCUT2D eigenvalue weighted by Gasteiger charge is 2.27. The average molecular weight is 416 g/mol. The van der Waals surface area contributed by atoms with Gasteiger partial charge in [-0.3, -0.25) is 4.79 Å². The minimum absolute atomic E-state index is 0.0327. The fraction of sp³-hybridized carbons (Fsp3) is 0.471. The summed E-state index contributed by atoms with van der Waals surface area (Å²) >= 11 is 13.5. The van der Waals surface area contributed by atoms with Crippen molar-refractivity contribution in [2.24, 2.45) is 0 Å². The van der Waals surface area contributed by atoms with Gasteiger partial charge in [0, 0.05) is 22.7 Å². The first kappa shape index (κ1) is 20.9. The Bertz CT molecular complexity index is 785. The molecule has 0 fully saturated rings. The van der Waals surface area contributed by atoms with Crippen molar-refractivity contribution in [1.29, 1.82) is 0 Å². The van der Waals surface area contributed by atoms with Crippen molar-refractivity contribution >= 4 is 40.9 Å². The summed E-state index contributed by atoms with van der Waals surface area (Å²) < 4.78 is 1.33. The van der Waals surface area contributed by atoms with Crippen LogP contribution in [0.4, 0.5) is 0 Å². The van der Waals surface area contributed by atoms with Gasteiger partial charge in [0.1, 0.15) is 0 Å². The van der Waals surface area contributed by atoms with Gasteiger partial charge in [-0.25, -0.2) is 4.68 Å². The molecule has 2 rings (SSSR count). The SMILES string of the molecule is CC(C)N(C(=O)[C@@H](C)Sc1nnc(-c2cc(Cl)ccc2Cl)n1N)C(C)C. The topological polar surface area (TPSA) is 77.0 Å². The second-order valence-corrected chi connectivity index (χ2v) is 8.65. The zero-order valence-electron chi connectivity index (χ0n) is 15.4. The lowest BCUT2D eigenvalue weighted by Crippen LogP contribution is -2.45. The molecule has 2 aromatic rings. The van der Waals surface area contributed by atoms with Crippen LogP contribution in [0.5, 0.6) is 0 Å². The van der Waals surface area contributed by atoms with E-state index in [0.717, 1.165) is 0 Å². The maximum atomic E-state index is 12.8. The van der Waals surface area contributed by atoms with Gasteiger partial charge in [-0.15, -0.1) is 10.2 Å². The van der Waals surface area contributed by atoms with Crippen LogP contribution in [0.25, 0.3) is 11.4 Å². The molecule has 2 N–H and O–H groups in total. The molecule has 0 bridgehead atoms. The number of benzene rings is 1. The van der Waals surface area contributed by atoms with E-state index in [9.17, 15) is 4.79 Å². The van der Waals surface area contributed by atoms with Crippen molar-refractivity contribution in [3.8, 4) is 11.4 Å². The third-order valence-electron chi connectivity index (χ3n) is 3.83. The summed E-state index contributed by atoms with van der Waals surface area (Å²) in [4.78, 5) is 14.6. The van der Waals surface area contributed by atoms with Crippen LogP contribution in [0.1, 0.15) is 34.6 Å². The van der Waals surface area contributed by atoms with Crippen LogP contribution in [0.2, 0.25) is 10.0 Å². The Balaban J connectivity index is 2.25. The summed E-state index contributed by atoms with van der Waals surface area (Å²) in [7, 11) is 0. The first-order valence-electron chi connectivity index (χ1n) is 8.28. The number of rotatable bonds is 6. The van der Waals surface area contributed by atoms with E-state index in [1.54, 1.807) is 18.2 Å². The number of carbonyl (C=O) groups is 1. The van der Waals surface area contributed by atoms with E-state index < -0.39 is 0 Å². The molecule has 0 saturated heterocycles. The summed E-state index contributed by atoms with van der Waals surface area (Å²) in [5.41, 5.74) is 0.589. The monoisotopic (exact) mass is 415 g/mol. The lowest BCUT2D eigenvalue weighted by Gasteiger charge is -2.32. The minimum atomic E-state index is -0.353. The summed E-state index contributed by atoms with van der Waals surface area (Å²) in [6, 6.07) is 5.27. The normalized spacial score (nSPS) is 12.7. The van der Waals surface area contributed by atoms with Crippen LogP contribution in [0.15, 0.2) is 23.4 Å². The van der Waals surface area contributed by atoms with E-state index in [0.29, 0.717) is 26.6 Å². The third-order valence-corrected chi connectivity index (χ3v) is 5.44. The molecule has 0 aliphatic carbocycles. The number of amides is 1. The van der Waals surface area contributed by atoms with Crippen molar-refractivity contribution in [2.75, 3.05) is 5.84 Å². The summed E-state index contributed by atoms with van der Waals surface area (Å²) in [6.45, 7) is 9.84. The number of halogens is 2. The molecule has 1 amide bonds. The van der Waals surface area contributed by atoms with Crippen LogP contribution in [-0.4, -0.2) is 43.0 Å². The molecule has 9 heteroatoms. The highest BCUT2D eigenvalue weighted by molar-refractivity contribution is 8.00. The van der Waals surface area contributed by atoms with Gasteiger partial charge in [-0.1, -0.05) is 35.0 Å². The second kappa shape index (κ2) is 8.50. The van der Waals surface area contributed by atoms with Gasteiger partial charge in [0.2, 0.25) is 11.1 Å². The Labute approximate surface area is 168 Å². The number of nitrogens with zero attached hydrogens (tertiary/aromatic N) is 4. The van der Waals surface area contributed by atoms with E-state index in [1.807, 2.05) is 39.5 Å². The van der Waals surface area contributed by atoms with Gasteiger partial charge in [0.25, 0.3) is 0 Å². The molecule has 142 valence electrons. The highest BCUT2D eigenvalue weighted by atomic mass is 35.5. The van der Waals surface area contributed by atoms with E-state index in [2.05, 4.69) is 10.2 Å². The van der Waals surface area contributed by atoms with Crippen LogP contribution in [0.3, 0.4) is 0 Å². The van der Waals surface area contributed by atoms with Crippen molar-refractivity contribution < 1.29 is 4.79 Å². The average Bonchev–Trinajstić information content (AvgIpc) is 2.89. The van der Waals surface area contributed by atoms with Crippen molar-refractivity contribution in [3.05, 3.63) is 28.2 Å². The van der Waals surface area contributed by atoms with Crippen LogP contribution >= 0.6 is 35.0 Å². The molecule has 1 atom stereocenters. The maximum Gasteiger partial charge on any atom is 0.236 e. The fourth-order valence-electron chi connectivity index (χ4n) is 2.73. The lowest BCUT2D eigenvalue weighted by atomic mass is 10.2. The molecule has 1 aromatic carbocycles. The zero-order chi connectivity index (χ0) is 19.6. The zero-order valence-corrected chi connectivity index (χ0v) is 17.7. The van der Waals surface area contributed by atoms with E-state index in [4.69, 9.17) is 29.0 Å². The van der Waals surface area contributed by atoms with Crippen LogP contribution in [-0.2, 0) is 4.79 Å². The van der Waals surface area contributed by atoms with Crippen molar-refractivity contribution in [3.63, 3.8) is 0 Å². The number of thioether (sulfide) groups is 1. The molecular formula is C17H23Cl2N5OS. The summed E-state index contributed by atoms with van der Waals surface area (Å²) in [6.07, 6.45) is 0. The van der Waals surface area contributed by atoms with Crippen molar-refractivity contribution in [2.45, 2.75) is 57.1 Å². The van der Waals surface area contributed by atoms with Gasteiger partial charge in [0.15, 0.2) is 5.82 Å². The summed E-state index contributed by atoms with van der Waals surface area (Å²) in [5.74, 6) is 6.57. The molecule has 0 unspecified atom stereocenters. The van der Waals surface area contributed by atoms with Gasteiger partial charge < -0.3 is 10.7 Å². The number of hydrogen-bond donors (Lipinski definition) is 1. The molecule has 1 heterocycles. The summed E-state index contributed by atoms with van der Waals surface area (Å²) in [5, 5.41) is 9.30. The molecule has 0 saturated carbocycles. The molecule has 6 nitrogen and oxygen atoms in total.